The summed E-state index contributed by atoms with van der Waals surface area (Å²) in [5, 5.41) is 2.59. The van der Waals surface area contributed by atoms with Gasteiger partial charge in [-0.25, -0.2) is 0 Å². The molecule has 5 aromatic rings. The number of para-hydroxylation sites is 1. The molecule has 1 unspecified atom stereocenters. The van der Waals surface area contributed by atoms with Gasteiger partial charge in [0.15, 0.2) is 0 Å². The van der Waals surface area contributed by atoms with Gasteiger partial charge in [0.1, 0.15) is 0 Å². The largest absolute Gasteiger partial charge is 0.309 e. The summed E-state index contributed by atoms with van der Waals surface area (Å²) in [5.74, 6) is 0.620. The molecule has 6 rings (SSSR count). The van der Waals surface area contributed by atoms with Crippen molar-refractivity contribution in [1.29, 1.82) is 0 Å². The predicted octanol–water partition coefficient (Wildman–Crippen LogP) is 8.74. The first-order valence-corrected chi connectivity index (χ1v) is 11.8. The number of rotatable bonds is 3. The third kappa shape index (κ3) is 3.50. The van der Waals surface area contributed by atoms with Gasteiger partial charge in [-0.2, -0.15) is 0 Å². The lowest BCUT2D eigenvalue weighted by Crippen LogP contribution is -1.95. The Morgan fingerprint density at radius 1 is 0.697 bits per heavy atom. The number of hydrogen-bond donors (Lipinski definition) is 0. The van der Waals surface area contributed by atoms with Gasteiger partial charge in [0.05, 0.1) is 11.0 Å². The van der Waals surface area contributed by atoms with Crippen LogP contribution in [0.5, 0.6) is 0 Å². The van der Waals surface area contributed by atoms with Crippen molar-refractivity contribution in [2.75, 3.05) is 0 Å². The van der Waals surface area contributed by atoms with Crippen molar-refractivity contribution in [2.45, 2.75) is 20.3 Å². The zero-order chi connectivity index (χ0) is 22.4. The molecule has 1 nitrogen and oxygen atoms in total. The molecule has 0 N–H and O–H groups in total. The van der Waals surface area contributed by atoms with Gasteiger partial charge in [0.2, 0.25) is 0 Å². The van der Waals surface area contributed by atoms with E-state index in [4.69, 9.17) is 0 Å². The highest BCUT2D eigenvalue weighted by atomic mass is 15.0. The van der Waals surface area contributed by atoms with Crippen LogP contribution in [0.4, 0.5) is 0 Å². The van der Waals surface area contributed by atoms with E-state index in [0.29, 0.717) is 5.92 Å². The van der Waals surface area contributed by atoms with Gasteiger partial charge in [-0.3, -0.25) is 0 Å². The molecular weight excluding hydrogens is 398 g/mol. The second kappa shape index (κ2) is 7.94. The Bertz CT molecular complexity index is 1530. The lowest BCUT2D eigenvalue weighted by atomic mass is 9.93. The molecule has 1 aromatic heterocycles. The van der Waals surface area contributed by atoms with Crippen LogP contribution in [0.25, 0.3) is 44.2 Å². The molecular formula is C32H27N. The predicted molar refractivity (Wildman–Crippen MR) is 142 cm³/mol. The minimum atomic E-state index is 0.620. The second-order valence-electron chi connectivity index (χ2n) is 9.23. The summed E-state index contributed by atoms with van der Waals surface area (Å²) in [6, 6.07) is 33.3. The molecule has 1 aliphatic rings. The summed E-state index contributed by atoms with van der Waals surface area (Å²) in [4.78, 5) is 0. The fourth-order valence-electron chi connectivity index (χ4n) is 4.93. The van der Waals surface area contributed by atoms with Gasteiger partial charge in [0.25, 0.3) is 0 Å². The monoisotopic (exact) mass is 425 g/mol. The molecule has 0 saturated carbocycles. The van der Waals surface area contributed by atoms with E-state index in [1.807, 2.05) is 0 Å². The number of nitrogens with zero attached hydrogens (tertiary/aromatic N) is 1. The normalized spacial score (nSPS) is 15.8. The maximum atomic E-state index is 2.39. The van der Waals surface area contributed by atoms with Crippen molar-refractivity contribution >= 4 is 27.4 Å². The summed E-state index contributed by atoms with van der Waals surface area (Å²) in [6.45, 7) is 4.41. The maximum Gasteiger partial charge on any atom is 0.0541 e. The average molecular weight is 426 g/mol. The molecule has 1 atom stereocenters. The fraction of sp³-hybridized carbons (Fsp3) is 0.125. The van der Waals surface area contributed by atoms with Crippen LogP contribution in [-0.2, 0) is 0 Å². The van der Waals surface area contributed by atoms with E-state index in [0.717, 1.165) is 6.42 Å². The number of fused-ring (bicyclic) bond motifs is 3. The molecule has 0 radical (unpaired) electrons. The topological polar surface area (TPSA) is 4.93 Å². The van der Waals surface area contributed by atoms with E-state index in [1.54, 1.807) is 0 Å². The Morgan fingerprint density at radius 3 is 2.00 bits per heavy atom. The molecule has 0 fully saturated rings. The maximum absolute atomic E-state index is 2.39. The summed E-state index contributed by atoms with van der Waals surface area (Å²) in [5.41, 5.74) is 10.1. The van der Waals surface area contributed by atoms with Crippen LogP contribution < -0.4 is 0 Å². The Kier molecular flexibility index (Phi) is 4.77. The van der Waals surface area contributed by atoms with Crippen molar-refractivity contribution in [3.05, 3.63) is 120 Å². The number of allylic oxidation sites excluding steroid dienone is 4. The van der Waals surface area contributed by atoms with Crippen LogP contribution in [0, 0.1) is 12.8 Å². The first-order chi connectivity index (χ1) is 16.2. The molecule has 0 spiro atoms. The van der Waals surface area contributed by atoms with E-state index >= 15 is 0 Å². The highest BCUT2D eigenvalue weighted by Crippen LogP contribution is 2.37. The summed E-state index contributed by atoms with van der Waals surface area (Å²) in [7, 11) is 0. The standard InChI is InChI=1S/C32H27N/c1-22-8-12-24(13-9-22)26-16-18-31-29(20-26)30-21-27(25-14-10-23(2)11-15-25)17-19-32(30)33(31)28-6-4-3-5-7-28/h3-10,12-21,23H,11H2,1-2H3. The quantitative estimate of drug-likeness (QED) is 0.272. The van der Waals surface area contributed by atoms with E-state index in [9.17, 15) is 0 Å². The minimum absolute atomic E-state index is 0.620. The zero-order valence-electron chi connectivity index (χ0n) is 19.1. The smallest absolute Gasteiger partial charge is 0.0541 e. The number of benzene rings is 4. The van der Waals surface area contributed by atoms with Crippen LogP contribution >= 0.6 is 0 Å². The van der Waals surface area contributed by atoms with E-state index in [2.05, 4.69) is 128 Å². The molecule has 0 aliphatic heterocycles. The summed E-state index contributed by atoms with van der Waals surface area (Å²) < 4.78 is 2.39. The molecule has 1 aliphatic carbocycles. The molecule has 4 aromatic carbocycles. The molecule has 33 heavy (non-hydrogen) atoms. The van der Waals surface area contributed by atoms with E-state index in [1.165, 1.54) is 55.3 Å². The van der Waals surface area contributed by atoms with Gasteiger partial charge in [-0.05, 0) is 77.9 Å². The van der Waals surface area contributed by atoms with Gasteiger partial charge in [-0.15, -0.1) is 0 Å². The molecule has 0 amide bonds. The molecule has 1 heteroatoms. The van der Waals surface area contributed by atoms with Crippen LogP contribution in [0.1, 0.15) is 24.5 Å². The average Bonchev–Trinajstić information content (AvgIpc) is 3.18. The van der Waals surface area contributed by atoms with Crippen LogP contribution in [0.15, 0.2) is 109 Å². The van der Waals surface area contributed by atoms with Gasteiger partial charge >= 0.3 is 0 Å². The van der Waals surface area contributed by atoms with Crippen molar-refractivity contribution < 1.29 is 0 Å². The molecule has 0 saturated heterocycles. The van der Waals surface area contributed by atoms with Gasteiger partial charge in [0, 0.05) is 16.5 Å². The third-order valence-corrected chi connectivity index (χ3v) is 6.81. The van der Waals surface area contributed by atoms with Crippen molar-refractivity contribution in [2.24, 2.45) is 5.92 Å². The second-order valence-corrected chi connectivity index (χ2v) is 9.23. The molecule has 0 bridgehead atoms. The Balaban J connectivity index is 1.61. The van der Waals surface area contributed by atoms with E-state index in [-0.39, 0.29) is 0 Å². The van der Waals surface area contributed by atoms with Crippen molar-refractivity contribution in [3.8, 4) is 16.8 Å². The fourth-order valence-corrected chi connectivity index (χ4v) is 4.93. The zero-order valence-corrected chi connectivity index (χ0v) is 19.1. The van der Waals surface area contributed by atoms with Crippen LogP contribution in [0.3, 0.4) is 0 Å². The SMILES string of the molecule is Cc1ccc(-c2ccc3c(c2)c2cc(C4=CCC(C)C=C4)ccc2n3-c2ccccc2)cc1. The molecule has 160 valence electrons. The van der Waals surface area contributed by atoms with Crippen LogP contribution in [0.2, 0.25) is 0 Å². The van der Waals surface area contributed by atoms with Crippen molar-refractivity contribution in [1.82, 2.24) is 4.57 Å². The lowest BCUT2D eigenvalue weighted by molar-refractivity contribution is 0.739. The first-order valence-electron chi connectivity index (χ1n) is 11.8. The number of aryl methyl sites for hydroxylation is 1. The summed E-state index contributed by atoms with van der Waals surface area (Å²) in [6.07, 6.45) is 8.08. The van der Waals surface area contributed by atoms with E-state index < -0.39 is 0 Å². The van der Waals surface area contributed by atoms with Gasteiger partial charge in [-0.1, -0.05) is 85.3 Å². The van der Waals surface area contributed by atoms with Gasteiger partial charge < -0.3 is 4.57 Å². The Hall–Kier alpha value is -3.84. The van der Waals surface area contributed by atoms with Crippen molar-refractivity contribution in [3.63, 3.8) is 0 Å². The van der Waals surface area contributed by atoms with Crippen LogP contribution in [-0.4, -0.2) is 4.57 Å². The highest BCUT2D eigenvalue weighted by molar-refractivity contribution is 6.11. The lowest BCUT2D eigenvalue weighted by Gasteiger charge is -2.12. The number of hydrogen-bond acceptors (Lipinski definition) is 0. The number of aromatic nitrogens is 1. The molecule has 1 heterocycles. The summed E-state index contributed by atoms with van der Waals surface area (Å²) >= 11 is 0. The Labute approximate surface area is 195 Å². The Morgan fingerprint density at radius 2 is 1.33 bits per heavy atom. The third-order valence-electron chi connectivity index (χ3n) is 6.81. The first kappa shape index (κ1) is 19.8. The highest BCUT2D eigenvalue weighted by Gasteiger charge is 2.15. The minimum Gasteiger partial charge on any atom is -0.309 e.